The van der Waals surface area contributed by atoms with Crippen LogP contribution in [0.2, 0.25) is 0 Å². The van der Waals surface area contributed by atoms with Gasteiger partial charge in [0, 0.05) is 43.6 Å². The molecule has 0 unspecified atom stereocenters. The molecular formula is C58H35N9. The van der Waals surface area contributed by atoms with E-state index < -0.39 is 0 Å². The van der Waals surface area contributed by atoms with Crippen molar-refractivity contribution in [2.75, 3.05) is 0 Å². The fourth-order valence-electron chi connectivity index (χ4n) is 10.8. The second kappa shape index (κ2) is 13.6. The highest BCUT2D eigenvalue weighted by Gasteiger charge is 2.26. The van der Waals surface area contributed by atoms with Crippen LogP contribution in [0.5, 0.6) is 0 Å². The summed E-state index contributed by atoms with van der Waals surface area (Å²) in [6.45, 7) is 0. The molecule has 6 heterocycles. The number of rotatable bonds is 5. The normalized spacial score (nSPS) is 12.2. The lowest BCUT2D eigenvalue weighted by Crippen LogP contribution is -2.11. The third-order valence-corrected chi connectivity index (χ3v) is 13.6. The Morgan fingerprint density at radius 1 is 0.284 bits per heavy atom. The number of para-hydroxylation sites is 9. The van der Waals surface area contributed by atoms with Crippen LogP contribution in [0.4, 0.5) is 0 Å². The molecule has 0 spiro atoms. The summed E-state index contributed by atoms with van der Waals surface area (Å²) in [5, 5.41) is 6.78. The maximum Gasteiger partial charge on any atom is 0.240 e. The van der Waals surface area contributed by atoms with Gasteiger partial charge in [-0.25, -0.2) is 4.98 Å². The van der Waals surface area contributed by atoms with Crippen LogP contribution < -0.4 is 0 Å². The van der Waals surface area contributed by atoms with Gasteiger partial charge >= 0.3 is 0 Å². The summed E-state index contributed by atoms with van der Waals surface area (Å²) in [4.78, 5) is 22.1. The molecule has 0 aliphatic heterocycles. The Morgan fingerprint density at radius 2 is 0.731 bits per heavy atom. The van der Waals surface area contributed by atoms with Crippen molar-refractivity contribution in [3.63, 3.8) is 0 Å². The average molecular weight is 858 g/mol. The molecule has 0 amide bonds. The lowest BCUT2D eigenvalue weighted by atomic mass is 10.1. The van der Waals surface area contributed by atoms with Gasteiger partial charge in [-0.15, -0.1) is 0 Å². The molecule has 9 nitrogen and oxygen atoms in total. The second-order valence-electron chi connectivity index (χ2n) is 17.1. The van der Waals surface area contributed by atoms with Gasteiger partial charge in [-0.3, -0.25) is 18.1 Å². The smallest absolute Gasteiger partial charge is 0.240 e. The Bertz CT molecular complexity index is 4290. The first-order valence-corrected chi connectivity index (χ1v) is 22.5. The van der Waals surface area contributed by atoms with E-state index in [9.17, 15) is 0 Å². The van der Waals surface area contributed by atoms with Crippen LogP contribution in [0.3, 0.4) is 0 Å². The minimum Gasteiger partial charge on any atom is -0.306 e. The van der Waals surface area contributed by atoms with Gasteiger partial charge in [0.1, 0.15) is 5.52 Å². The van der Waals surface area contributed by atoms with E-state index in [0.29, 0.717) is 17.7 Å². The molecule has 9 heteroatoms. The Balaban J connectivity index is 1.06. The van der Waals surface area contributed by atoms with E-state index in [-0.39, 0.29) is 0 Å². The molecule has 6 aromatic heterocycles. The van der Waals surface area contributed by atoms with Gasteiger partial charge in [-0.2, -0.15) is 15.0 Å². The van der Waals surface area contributed by atoms with Gasteiger partial charge in [-0.1, -0.05) is 133 Å². The van der Waals surface area contributed by atoms with Crippen LogP contribution in [-0.2, 0) is 0 Å². The van der Waals surface area contributed by atoms with Crippen LogP contribution in [0.1, 0.15) is 0 Å². The van der Waals surface area contributed by atoms with Gasteiger partial charge in [0.2, 0.25) is 17.7 Å². The first-order valence-electron chi connectivity index (χ1n) is 22.5. The lowest BCUT2D eigenvalue weighted by Gasteiger charge is -2.16. The lowest BCUT2D eigenvalue weighted by molar-refractivity contribution is 0.892. The van der Waals surface area contributed by atoms with Gasteiger partial charge in [-0.05, 0) is 78.9 Å². The molecule has 15 rings (SSSR count). The average Bonchev–Trinajstić information content (AvgIpc) is 4.19. The molecule has 15 aromatic rings. The molecule has 0 saturated heterocycles. The summed E-state index contributed by atoms with van der Waals surface area (Å²) in [7, 11) is 0. The van der Waals surface area contributed by atoms with E-state index in [1.165, 1.54) is 0 Å². The van der Waals surface area contributed by atoms with Crippen LogP contribution in [0.25, 0.3) is 128 Å². The molecule has 0 atom stereocenters. The highest BCUT2D eigenvalue weighted by Crippen LogP contribution is 2.41. The predicted octanol–water partition coefficient (Wildman–Crippen LogP) is 13.6. The standard InChI is InChI=1S/C58H35N9/c1-2-18-36(19-3-1)63-50-32-16-17-33-51(50)67-52-35-34-42-41-24-8-10-26-44(41)64(54(42)53(52)59-58(63)67)49-31-15-9-25-43(49)55-60-56(65-45-27-11-4-20-37(45)38-21-5-12-28-46(38)65)62-57(61-55)66-47-29-13-6-22-39(47)40-23-7-14-30-48(40)66/h1-35H. The molecule has 0 N–H and O–H groups in total. The van der Waals surface area contributed by atoms with Crippen LogP contribution in [0, 0.1) is 0 Å². The Kier molecular flexibility index (Phi) is 7.31. The first kappa shape index (κ1) is 36.0. The summed E-state index contributed by atoms with van der Waals surface area (Å²) < 4.78 is 11.3. The van der Waals surface area contributed by atoms with E-state index in [4.69, 9.17) is 19.9 Å². The zero-order chi connectivity index (χ0) is 43.7. The van der Waals surface area contributed by atoms with Crippen LogP contribution in [0.15, 0.2) is 212 Å². The van der Waals surface area contributed by atoms with Crippen molar-refractivity contribution in [3.8, 4) is 34.7 Å². The molecular weight excluding hydrogens is 823 g/mol. The Morgan fingerprint density at radius 3 is 1.30 bits per heavy atom. The Hall–Kier alpha value is -9.34. The monoisotopic (exact) mass is 857 g/mol. The van der Waals surface area contributed by atoms with E-state index >= 15 is 0 Å². The van der Waals surface area contributed by atoms with E-state index in [2.05, 4.69) is 235 Å². The summed E-state index contributed by atoms with van der Waals surface area (Å²) in [5.41, 5.74) is 13.1. The highest BCUT2D eigenvalue weighted by atomic mass is 15.3. The number of hydrogen-bond acceptors (Lipinski definition) is 4. The van der Waals surface area contributed by atoms with Crippen molar-refractivity contribution in [2.24, 2.45) is 0 Å². The van der Waals surface area contributed by atoms with E-state index in [1.807, 2.05) is 0 Å². The van der Waals surface area contributed by atoms with Gasteiger partial charge in [0.25, 0.3) is 0 Å². The predicted molar refractivity (Wildman–Crippen MR) is 271 cm³/mol. The number of imidazole rings is 2. The zero-order valence-corrected chi connectivity index (χ0v) is 35.7. The van der Waals surface area contributed by atoms with Gasteiger partial charge in [0.15, 0.2) is 5.82 Å². The number of benzene rings is 9. The first-order chi connectivity index (χ1) is 33.3. The summed E-state index contributed by atoms with van der Waals surface area (Å²) >= 11 is 0. The van der Waals surface area contributed by atoms with E-state index in [1.54, 1.807) is 0 Å². The fraction of sp³-hybridized carbons (Fsp3) is 0. The summed E-state index contributed by atoms with van der Waals surface area (Å²) in [6, 6.07) is 74.6. The third kappa shape index (κ3) is 4.96. The van der Waals surface area contributed by atoms with E-state index in [0.717, 1.165) is 110 Å². The van der Waals surface area contributed by atoms with Gasteiger partial charge < -0.3 is 4.57 Å². The molecule has 67 heavy (non-hydrogen) atoms. The number of hydrogen-bond donors (Lipinski definition) is 0. The quantitative estimate of drug-likeness (QED) is 0.173. The maximum atomic E-state index is 5.61. The van der Waals surface area contributed by atoms with Crippen molar-refractivity contribution < 1.29 is 0 Å². The third-order valence-electron chi connectivity index (χ3n) is 13.6. The zero-order valence-electron chi connectivity index (χ0n) is 35.7. The van der Waals surface area contributed by atoms with Crippen molar-refractivity contribution >= 4 is 93.3 Å². The second-order valence-corrected chi connectivity index (χ2v) is 17.1. The minimum atomic E-state index is 0.531. The molecule has 312 valence electrons. The molecule has 0 bridgehead atoms. The van der Waals surface area contributed by atoms with Crippen LogP contribution >= 0.6 is 0 Å². The number of nitrogens with zero attached hydrogens (tertiary/aromatic N) is 9. The SMILES string of the molecule is c1ccc(-n2c3ccccc3n3c4ccc5c6ccccc6n(-c6ccccc6-c6nc(-n7c8ccccc8c8ccccc87)nc(-n7c8ccccc8c8ccccc87)n6)c5c4nc23)cc1. The fourth-order valence-corrected chi connectivity index (χ4v) is 10.8. The summed E-state index contributed by atoms with van der Waals surface area (Å²) in [5.74, 6) is 2.46. The van der Waals surface area contributed by atoms with Crippen molar-refractivity contribution in [1.82, 2.24) is 42.6 Å². The molecule has 0 saturated carbocycles. The largest absolute Gasteiger partial charge is 0.306 e. The highest BCUT2D eigenvalue weighted by molar-refractivity contribution is 6.18. The molecule has 0 aliphatic rings. The Labute approximate surface area is 381 Å². The molecule has 9 aromatic carbocycles. The van der Waals surface area contributed by atoms with Gasteiger partial charge in [0.05, 0.1) is 55.3 Å². The van der Waals surface area contributed by atoms with Crippen molar-refractivity contribution in [2.45, 2.75) is 0 Å². The van der Waals surface area contributed by atoms with Crippen molar-refractivity contribution in [1.29, 1.82) is 0 Å². The molecule has 0 fully saturated rings. The number of aromatic nitrogens is 9. The van der Waals surface area contributed by atoms with Crippen LogP contribution in [-0.4, -0.2) is 42.6 Å². The number of fused-ring (bicyclic) bond motifs is 15. The maximum absolute atomic E-state index is 5.61. The summed E-state index contributed by atoms with van der Waals surface area (Å²) in [6.07, 6.45) is 0. The molecule has 0 aliphatic carbocycles. The topological polar surface area (TPSA) is 75.7 Å². The minimum absolute atomic E-state index is 0.531. The molecule has 0 radical (unpaired) electrons. The van der Waals surface area contributed by atoms with Crippen molar-refractivity contribution in [3.05, 3.63) is 212 Å².